The van der Waals surface area contributed by atoms with Crippen molar-refractivity contribution in [2.45, 2.75) is 62.2 Å². The highest BCUT2D eigenvalue weighted by Crippen LogP contribution is 2.32. The number of Topliss-reactive ketones (excluding diaryl/α,β-unsaturated/α-hetero) is 1. The third-order valence-electron chi connectivity index (χ3n) is 14.0. The monoisotopic (exact) mass is 1230 g/mol. The summed E-state index contributed by atoms with van der Waals surface area (Å²) in [5.74, 6) is -3.03. The molecule has 17 nitrogen and oxygen atoms in total. The molecule has 9 aromatic rings. The molecule has 0 radical (unpaired) electrons. The number of carbonyl (C=O) groups is 4. The summed E-state index contributed by atoms with van der Waals surface area (Å²) < 4.78 is 83.9. The van der Waals surface area contributed by atoms with Crippen LogP contribution in [-0.4, -0.2) is 84.1 Å². The van der Waals surface area contributed by atoms with E-state index in [1.165, 1.54) is 37.3 Å². The fourth-order valence-corrected chi connectivity index (χ4v) is 12.4. The Bertz CT molecular complexity index is 4310. The molecule has 0 fully saturated rings. The van der Waals surface area contributed by atoms with Crippen molar-refractivity contribution in [1.82, 2.24) is 0 Å². The number of hydrogen-bond acceptors (Lipinski definition) is 11. The van der Waals surface area contributed by atoms with Gasteiger partial charge in [-0.3, -0.25) is 19.0 Å². The van der Waals surface area contributed by atoms with Crippen LogP contribution in [0.2, 0.25) is 0 Å². The summed E-state index contributed by atoms with van der Waals surface area (Å²) in [5, 5.41) is 28.9. The lowest BCUT2D eigenvalue weighted by atomic mass is 10.0. The minimum atomic E-state index is -3.85. The van der Waals surface area contributed by atoms with E-state index in [-0.39, 0.29) is 38.0 Å². The van der Waals surface area contributed by atoms with Crippen LogP contribution in [0.4, 0.5) is 22.7 Å². The molecule has 0 heterocycles. The standard InChI is InChI=1S/C27H26N2O4S.C23H21NO5S.C17H19NO4S/c1-29(2)25-14-6-12-23-22(25)11-7-15-26(23)34(32,33)28-24-13-4-3-9-20(24)17-16-19-8-5-10-21(18-19)27(30)31;1-16(25)18-11-13-21(14-12-18)30(28,29)24-22-8-3-2-6-19(22)10-9-17-5-4-7-20(15-17)23(26)27;1-2-23(21,22)18-16-9-4-3-7-14(16)11-10-13-6-5-8-15(12-13)17(19)20/h3-15,18,28H,16-17H2,1-2H3,(H,30,31);2-8,11-15,24H,9-10H2,1H3,(H,26,27);3-9,12,18H,2,10-11H2,1H3,(H,19,20). The van der Waals surface area contributed by atoms with Crippen LogP contribution in [0.15, 0.2) is 216 Å². The zero-order chi connectivity index (χ0) is 62.9. The van der Waals surface area contributed by atoms with E-state index < -0.39 is 48.0 Å². The summed E-state index contributed by atoms with van der Waals surface area (Å²) in [6, 6.07) is 58.5. The molecular formula is C67H66N4O13S3. The zero-order valence-electron chi connectivity index (χ0n) is 48.2. The Balaban J connectivity index is 0.000000190. The first kappa shape index (κ1) is 64.9. The molecular weight excluding hydrogens is 1160 g/mol. The van der Waals surface area contributed by atoms with E-state index in [0.29, 0.717) is 66.5 Å². The van der Waals surface area contributed by atoms with Crippen molar-refractivity contribution in [3.05, 3.63) is 262 Å². The van der Waals surface area contributed by atoms with Gasteiger partial charge in [-0.15, -0.1) is 0 Å². The van der Waals surface area contributed by atoms with Crippen molar-refractivity contribution in [3.8, 4) is 0 Å². The second-order valence-electron chi connectivity index (χ2n) is 20.3. The average Bonchev–Trinajstić information content (AvgIpc) is 2.38. The number of nitrogens with one attached hydrogen (secondary N) is 3. The van der Waals surface area contributed by atoms with Crippen LogP contribution in [0.1, 0.15) is 88.7 Å². The van der Waals surface area contributed by atoms with E-state index in [2.05, 4.69) is 14.2 Å². The molecule has 0 spiro atoms. The first-order valence-corrected chi connectivity index (χ1v) is 32.1. The first-order chi connectivity index (χ1) is 41.4. The normalized spacial score (nSPS) is 11.2. The highest BCUT2D eigenvalue weighted by molar-refractivity contribution is 7.93. The van der Waals surface area contributed by atoms with Gasteiger partial charge in [-0.1, -0.05) is 127 Å². The Morgan fingerprint density at radius 3 is 1.18 bits per heavy atom. The molecule has 87 heavy (non-hydrogen) atoms. The molecule has 0 aromatic heterocycles. The molecule has 9 rings (SSSR count). The summed E-state index contributed by atoms with van der Waals surface area (Å²) in [7, 11) is -7.14. The number of carbonyl (C=O) groups excluding carboxylic acids is 1. The van der Waals surface area contributed by atoms with E-state index in [4.69, 9.17) is 10.2 Å². The minimum Gasteiger partial charge on any atom is -0.478 e. The van der Waals surface area contributed by atoms with Crippen molar-refractivity contribution in [1.29, 1.82) is 0 Å². The third kappa shape index (κ3) is 18.2. The van der Waals surface area contributed by atoms with Crippen LogP contribution in [0, 0.1) is 0 Å². The van der Waals surface area contributed by atoms with Gasteiger partial charge in [0.2, 0.25) is 10.0 Å². The number of rotatable bonds is 23. The second kappa shape index (κ2) is 29.5. The average molecular weight is 1230 g/mol. The largest absolute Gasteiger partial charge is 0.478 e. The van der Waals surface area contributed by atoms with Crippen LogP contribution in [0.3, 0.4) is 0 Å². The predicted molar refractivity (Wildman–Crippen MR) is 341 cm³/mol. The lowest BCUT2D eigenvalue weighted by Gasteiger charge is -2.18. The smallest absolute Gasteiger partial charge is 0.335 e. The summed E-state index contributed by atoms with van der Waals surface area (Å²) in [5.41, 5.74) is 8.78. The number of fused-ring (bicyclic) bond motifs is 1. The summed E-state index contributed by atoms with van der Waals surface area (Å²) in [6.45, 7) is 3.01. The zero-order valence-corrected chi connectivity index (χ0v) is 50.6. The van der Waals surface area contributed by atoms with Crippen molar-refractivity contribution in [3.63, 3.8) is 0 Å². The summed E-state index contributed by atoms with van der Waals surface area (Å²) in [6.07, 6.45) is 3.48. The molecule has 0 saturated heterocycles. The molecule has 0 atom stereocenters. The van der Waals surface area contributed by atoms with Crippen LogP contribution in [0.25, 0.3) is 10.8 Å². The van der Waals surface area contributed by atoms with Crippen molar-refractivity contribution in [2.75, 3.05) is 38.9 Å². The number of benzene rings is 9. The number of nitrogens with zero attached hydrogens (tertiary/aromatic N) is 1. The van der Waals surface area contributed by atoms with Gasteiger partial charge in [0.25, 0.3) is 20.0 Å². The quantitative estimate of drug-likeness (QED) is 0.0325. The molecule has 0 aliphatic rings. The Labute approximate surface area is 507 Å². The first-order valence-electron chi connectivity index (χ1n) is 27.5. The van der Waals surface area contributed by atoms with Gasteiger partial charge in [-0.2, -0.15) is 0 Å². The maximum Gasteiger partial charge on any atom is 0.335 e. The second-order valence-corrected chi connectivity index (χ2v) is 25.7. The van der Waals surface area contributed by atoms with Gasteiger partial charge in [0.15, 0.2) is 5.78 Å². The van der Waals surface area contributed by atoms with E-state index in [0.717, 1.165) is 44.5 Å². The van der Waals surface area contributed by atoms with Gasteiger partial charge in [0, 0.05) is 36.1 Å². The fourth-order valence-electron chi connectivity index (χ4n) is 9.33. The van der Waals surface area contributed by atoms with E-state index in [9.17, 15) is 49.5 Å². The highest BCUT2D eigenvalue weighted by atomic mass is 32.2. The molecule has 0 amide bonds. The van der Waals surface area contributed by atoms with Gasteiger partial charge in [-0.05, 0) is 165 Å². The number of aryl methyl sites for hydroxylation is 6. The number of para-hydroxylation sites is 3. The summed E-state index contributed by atoms with van der Waals surface area (Å²) in [4.78, 5) is 47.0. The Hall–Kier alpha value is -9.63. The minimum absolute atomic E-state index is 0.0159. The lowest BCUT2D eigenvalue weighted by molar-refractivity contribution is 0.0686. The van der Waals surface area contributed by atoms with Gasteiger partial charge in [0.1, 0.15) is 0 Å². The summed E-state index contributed by atoms with van der Waals surface area (Å²) >= 11 is 0. The lowest BCUT2D eigenvalue weighted by Crippen LogP contribution is -2.15. The van der Waals surface area contributed by atoms with Crippen LogP contribution >= 0.6 is 0 Å². The molecule has 0 aliphatic heterocycles. The maximum atomic E-state index is 13.5. The van der Waals surface area contributed by atoms with Gasteiger partial charge in [0.05, 0.1) is 49.3 Å². The number of ketones is 1. The third-order valence-corrected chi connectivity index (χ3v) is 18.1. The van der Waals surface area contributed by atoms with E-state index >= 15 is 0 Å². The van der Waals surface area contributed by atoms with Crippen LogP contribution < -0.4 is 19.1 Å². The highest BCUT2D eigenvalue weighted by Gasteiger charge is 2.21. The van der Waals surface area contributed by atoms with Crippen molar-refractivity contribution < 1.29 is 59.8 Å². The molecule has 6 N–H and O–H groups in total. The number of carboxylic acids is 3. The maximum absolute atomic E-state index is 13.5. The molecule has 20 heteroatoms. The molecule has 450 valence electrons. The van der Waals surface area contributed by atoms with Crippen LogP contribution in [-0.2, 0) is 68.6 Å². The molecule has 0 unspecified atom stereocenters. The SMILES string of the molecule is CC(=O)c1ccc(S(=O)(=O)Nc2ccccc2CCc2cccc(C(=O)O)c2)cc1.CCS(=O)(=O)Nc1ccccc1CCc1cccc(C(=O)O)c1.CN(C)c1cccc2c(S(=O)(=O)Nc3ccccc3CCc3cccc(C(=O)O)c3)cccc12. The number of carboxylic acid groups (broad SMARTS) is 3. The molecule has 9 aromatic carbocycles. The van der Waals surface area contributed by atoms with E-state index in [1.807, 2.05) is 97.9 Å². The van der Waals surface area contributed by atoms with Crippen molar-refractivity contribution in [2.24, 2.45) is 0 Å². The number of anilines is 4. The Kier molecular flexibility index (Phi) is 22.0. The van der Waals surface area contributed by atoms with Gasteiger partial charge >= 0.3 is 17.9 Å². The predicted octanol–water partition coefficient (Wildman–Crippen LogP) is 12.3. The number of hydrogen-bond donors (Lipinski definition) is 6. The number of aromatic carboxylic acids is 3. The van der Waals surface area contributed by atoms with Gasteiger partial charge in [-0.25, -0.2) is 39.6 Å². The topological polar surface area (TPSA) is 271 Å². The molecule has 0 saturated carbocycles. The number of sulfonamides is 3. The molecule has 0 bridgehead atoms. The fraction of sp³-hybridized carbons (Fsp3) is 0.164. The Morgan fingerprint density at radius 1 is 0.402 bits per heavy atom. The van der Waals surface area contributed by atoms with E-state index in [1.54, 1.807) is 104 Å². The van der Waals surface area contributed by atoms with Gasteiger partial charge < -0.3 is 20.2 Å². The van der Waals surface area contributed by atoms with Crippen LogP contribution in [0.5, 0.6) is 0 Å². The molecule has 0 aliphatic carbocycles. The Morgan fingerprint density at radius 2 is 0.782 bits per heavy atom. The van der Waals surface area contributed by atoms with Crippen molar-refractivity contribution >= 4 is 87.3 Å².